The fraction of sp³-hybridized carbons (Fsp3) is 0.0600. The summed E-state index contributed by atoms with van der Waals surface area (Å²) in [5, 5.41) is 8.02. The maximum Gasteiger partial charge on any atom is 0.164 e. The monoisotopic (exact) mass is 737 g/mol. The number of thiophene rings is 1. The first-order valence-corrected chi connectivity index (χ1v) is 19.8. The number of hydrogen-bond donors (Lipinski definition) is 0. The molecule has 12 rings (SSSR count). The molecule has 1 aliphatic carbocycles. The summed E-state index contributed by atoms with van der Waals surface area (Å²) in [5.74, 6) is 2.97. The Balaban J connectivity index is 1.08. The van der Waals surface area contributed by atoms with Gasteiger partial charge in [-0.05, 0) is 76.7 Å². The molecule has 4 heterocycles. The summed E-state index contributed by atoms with van der Waals surface area (Å²) in [4.78, 5) is 15.8. The summed E-state index contributed by atoms with van der Waals surface area (Å²) in [7, 11) is 0. The molecule has 11 aromatic rings. The van der Waals surface area contributed by atoms with E-state index in [4.69, 9.17) is 23.8 Å². The summed E-state index contributed by atoms with van der Waals surface area (Å²) in [6, 6.07) is 50.7. The van der Waals surface area contributed by atoms with Crippen LogP contribution in [0.2, 0.25) is 0 Å². The van der Waals surface area contributed by atoms with Crippen LogP contribution in [0.5, 0.6) is 0 Å². The lowest BCUT2D eigenvalue weighted by Gasteiger charge is -2.21. The van der Waals surface area contributed by atoms with Crippen molar-refractivity contribution in [2.45, 2.75) is 19.3 Å². The van der Waals surface area contributed by atoms with Gasteiger partial charge in [-0.15, -0.1) is 11.3 Å². The third kappa shape index (κ3) is 4.76. The number of fused-ring (bicyclic) bond motifs is 10. The zero-order valence-electron chi connectivity index (χ0n) is 30.3. The molecule has 7 aromatic carbocycles. The van der Waals surface area contributed by atoms with Gasteiger partial charge in [-0.2, -0.15) is 0 Å². The molecule has 0 bridgehead atoms. The quantitative estimate of drug-likeness (QED) is 0.180. The van der Waals surface area contributed by atoms with Crippen molar-refractivity contribution < 1.29 is 8.83 Å². The molecule has 1 unspecified atom stereocenters. The predicted octanol–water partition coefficient (Wildman–Crippen LogP) is 14.1. The molecular weight excluding hydrogens is 707 g/mol. The van der Waals surface area contributed by atoms with Gasteiger partial charge in [-0.3, -0.25) is 0 Å². The number of allylic oxidation sites excluding steroid dienone is 1. The van der Waals surface area contributed by atoms with Gasteiger partial charge in [0.25, 0.3) is 0 Å². The minimum atomic E-state index is 0.174. The van der Waals surface area contributed by atoms with Gasteiger partial charge < -0.3 is 8.83 Å². The highest BCUT2D eigenvalue weighted by Crippen LogP contribution is 2.48. The molecule has 6 heteroatoms. The maximum absolute atomic E-state index is 6.76. The molecule has 0 radical (unpaired) electrons. The number of para-hydroxylation sites is 1. The average molecular weight is 738 g/mol. The first-order valence-electron chi connectivity index (χ1n) is 19.0. The van der Waals surface area contributed by atoms with Gasteiger partial charge in [0.05, 0.1) is 0 Å². The molecule has 0 saturated heterocycles. The lowest BCUT2D eigenvalue weighted by molar-refractivity contribution is 0.588. The Kier molecular flexibility index (Phi) is 6.77. The molecule has 0 saturated carbocycles. The smallest absolute Gasteiger partial charge is 0.164 e. The van der Waals surface area contributed by atoms with Gasteiger partial charge in [0.15, 0.2) is 17.5 Å². The summed E-state index contributed by atoms with van der Waals surface area (Å²) in [5.41, 5.74) is 9.10. The van der Waals surface area contributed by atoms with Crippen LogP contribution in [-0.2, 0) is 0 Å². The Morgan fingerprint density at radius 1 is 0.518 bits per heavy atom. The summed E-state index contributed by atoms with van der Waals surface area (Å²) < 4.78 is 15.5. The average Bonchev–Trinajstić information content (AvgIpc) is 3.95. The van der Waals surface area contributed by atoms with Crippen molar-refractivity contribution in [2.24, 2.45) is 0 Å². The van der Waals surface area contributed by atoms with Gasteiger partial charge in [-0.1, -0.05) is 116 Å². The molecule has 0 fully saturated rings. The maximum atomic E-state index is 6.76. The van der Waals surface area contributed by atoms with Gasteiger partial charge in [0, 0.05) is 58.6 Å². The molecule has 1 aliphatic rings. The van der Waals surface area contributed by atoms with E-state index in [1.54, 1.807) is 11.3 Å². The number of furan rings is 2. The molecule has 5 nitrogen and oxygen atoms in total. The Morgan fingerprint density at radius 2 is 1.16 bits per heavy atom. The van der Waals surface area contributed by atoms with Crippen molar-refractivity contribution in [2.75, 3.05) is 0 Å². The lowest BCUT2D eigenvalue weighted by Crippen LogP contribution is -2.04. The highest BCUT2D eigenvalue weighted by Gasteiger charge is 2.29. The topological polar surface area (TPSA) is 65.0 Å². The Labute approximate surface area is 325 Å². The number of hydrogen-bond acceptors (Lipinski definition) is 6. The van der Waals surface area contributed by atoms with Crippen LogP contribution in [0.3, 0.4) is 0 Å². The lowest BCUT2D eigenvalue weighted by atomic mass is 9.82. The SMILES string of the molecule is CC1CC(c2cccc3oc4ccccc4c23)=Cc2oc3cccc(-c4nc(-c5ccc6ccccc6c5)nc(-c5cccc6sc7ccccc7c56)n4)c3c21. The third-order valence-electron chi connectivity index (χ3n) is 11.4. The minimum Gasteiger partial charge on any atom is -0.456 e. The first-order chi connectivity index (χ1) is 27.6. The standard InChI is InChI=1S/C50H31N3O2S/c1-28-25-32(33-15-8-19-39-45(33)34-13-4-6-18-38(34)54-39)27-41-44(28)47-37(16-9-20-40(47)55-41)50-52-48(31-24-23-29-11-2-3-12-30(29)26-31)51-49(53-50)36-17-10-22-43-46(36)35-14-5-7-21-42(35)56-43/h2-24,26-28H,25H2,1H3. The zero-order valence-corrected chi connectivity index (χ0v) is 31.1. The number of benzene rings is 7. The van der Waals surface area contributed by atoms with Crippen LogP contribution >= 0.6 is 11.3 Å². The van der Waals surface area contributed by atoms with Crippen LogP contribution in [0.1, 0.15) is 36.1 Å². The second kappa shape index (κ2) is 12.1. The first kappa shape index (κ1) is 31.5. The molecule has 1 atom stereocenters. The molecule has 0 amide bonds. The molecule has 56 heavy (non-hydrogen) atoms. The van der Waals surface area contributed by atoms with Crippen molar-refractivity contribution in [3.63, 3.8) is 0 Å². The number of aromatic nitrogens is 3. The van der Waals surface area contributed by atoms with Crippen LogP contribution in [0, 0.1) is 0 Å². The van der Waals surface area contributed by atoms with Crippen molar-refractivity contribution in [3.8, 4) is 34.2 Å². The predicted molar refractivity (Wildman–Crippen MR) is 231 cm³/mol. The van der Waals surface area contributed by atoms with Crippen LogP contribution in [0.4, 0.5) is 0 Å². The van der Waals surface area contributed by atoms with E-state index in [9.17, 15) is 0 Å². The van der Waals surface area contributed by atoms with Crippen LogP contribution < -0.4 is 0 Å². The van der Waals surface area contributed by atoms with E-state index >= 15 is 0 Å². The second-order valence-corrected chi connectivity index (χ2v) is 15.8. The number of nitrogens with zero attached hydrogens (tertiary/aromatic N) is 3. The van der Waals surface area contributed by atoms with E-state index in [2.05, 4.69) is 140 Å². The van der Waals surface area contributed by atoms with Crippen molar-refractivity contribution in [1.82, 2.24) is 15.0 Å². The largest absolute Gasteiger partial charge is 0.456 e. The van der Waals surface area contributed by atoms with Crippen molar-refractivity contribution in [3.05, 3.63) is 162 Å². The van der Waals surface area contributed by atoms with Gasteiger partial charge in [-0.25, -0.2) is 15.0 Å². The van der Waals surface area contributed by atoms with Crippen molar-refractivity contribution in [1.29, 1.82) is 0 Å². The summed E-state index contributed by atoms with van der Waals surface area (Å²) in [6.45, 7) is 2.30. The fourth-order valence-electron chi connectivity index (χ4n) is 8.89. The van der Waals surface area contributed by atoms with Crippen LogP contribution in [0.25, 0.3) is 110 Å². The minimum absolute atomic E-state index is 0.174. The Morgan fingerprint density at radius 3 is 2.02 bits per heavy atom. The van der Waals surface area contributed by atoms with E-state index in [0.717, 1.165) is 67.2 Å². The van der Waals surface area contributed by atoms with Gasteiger partial charge >= 0.3 is 0 Å². The van der Waals surface area contributed by atoms with Crippen molar-refractivity contribution >= 4 is 86.8 Å². The normalized spacial score (nSPS) is 14.4. The Hall–Kier alpha value is -6.89. The Bertz CT molecular complexity index is 3440. The summed E-state index contributed by atoms with van der Waals surface area (Å²) >= 11 is 1.80. The highest BCUT2D eigenvalue weighted by molar-refractivity contribution is 7.25. The van der Waals surface area contributed by atoms with Crippen LogP contribution in [0.15, 0.2) is 154 Å². The summed E-state index contributed by atoms with van der Waals surface area (Å²) in [6.07, 6.45) is 3.09. The molecule has 264 valence electrons. The number of rotatable bonds is 4. The van der Waals surface area contributed by atoms with E-state index in [-0.39, 0.29) is 5.92 Å². The zero-order chi connectivity index (χ0) is 36.9. The molecule has 0 N–H and O–H groups in total. The second-order valence-electron chi connectivity index (χ2n) is 14.8. The van der Waals surface area contributed by atoms with E-state index < -0.39 is 0 Å². The molecule has 0 spiro atoms. The van der Waals surface area contributed by atoms with E-state index in [0.29, 0.717) is 17.5 Å². The van der Waals surface area contributed by atoms with Gasteiger partial charge in [0.2, 0.25) is 0 Å². The highest BCUT2D eigenvalue weighted by atomic mass is 32.1. The molecular formula is C50H31N3O2S. The fourth-order valence-corrected chi connectivity index (χ4v) is 10.0. The van der Waals surface area contributed by atoms with E-state index in [1.165, 1.54) is 42.3 Å². The molecule has 4 aromatic heterocycles. The molecule has 0 aliphatic heterocycles. The third-order valence-corrected chi connectivity index (χ3v) is 12.5. The van der Waals surface area contributed by atoms with E-state index in [1.807, 2.05) is 18.2 Å². The van der Waals surface area contributed by atoms with Crippen LogP contribution in [-0.4, -0.2) is 15.0 Å². The van der Waals surface area contributed by atoms with Gasteiger partial charge in [0.1, 0.15) is 22.5 Å².